The lowest BCUT2D eigenvalue weighted by molar-refractivity contribution is 0.0944. The lowest BCUT2D eigenvalue weighted by atomic mass is 10.0. The third-order valence-corrected chi connectivity index (χ3v) is 4.76. The van der Waals surface area contributed by atoms with Crippen molar-refractivity contribution < 1.29 is 4.79 Å². The van der Waals surface area contributed by atoms with E-state index in [9.17, 15) is 9.59 Å². The van der Waals surface area contributed by atoms with Gasteiger partial charge in [0.2, 0.25) is 0 Å². The molecule has 2 heterocycles. The largest absolute Gasteiger partial charge is 0.351 e. The first-order chi connectivity index (χ1) is 11.7. The van der Waals surface area contributed by atoms with Gasteiger partial charge in [-0.3, -0.25) is 9.59 Å². The molecule has 1 aromatic heterocycles. The van der Waals surface area contributed by atoms with E-state index in [4.69, 9.17) is 0 Å². The zero-order valence-electron chi connectivity index (χ0n) is 14.0. The molecule has 1 fully saturated rings. The van der Waals surface area contributed by atoms with Gasteiger partial charge in [-0.2, -0.15) is 5.10 Å². The number of carbonyl (C=O) groups excluding carboxylic acids is 1. The topological polar surface area (TPSA) is 78.1 Å². The van der Waals surface area contributed by atoms with E-state index in [-0.39, 0.29) is 17.2 Å². The molecule has 3 rings (SSSR count). The first-order valence-electron chi connectivity index (χ1n) is 8.66. The average molecular weight is 328 g/mol. The van der Waals surface area contributed by atoms with E-state index >= 15 is 0 Å². The van der Waals surface area contributed by atoms with Gasteiger partial charge in [0, 0.05) is 24.5 Å². The number of carbonyl (C=O) groups is 1. The molecule has 1 amide bonds. The summed E-state index contributed by atoms with van der Waals surface area (Å²) in [5.74, 6) is -0.242. The molecule has 1 atom stereocenters. The summed E-state index contributed by atoms with van der Waals surface area (Å²) in [6, 6.07) is 7.67. The third kappa shape index (κ3) is 3.64. The second kappa shape index (κ2) is 7.57. The Labute approximate surface area is 141 Å². The highest BCUT2D eigenvalue weighted by molar-refractivity contribution is 6.04. The van der Waals surface area contributed by atoms with Crippen molar-refractivity contribution in [2.45, 2.75) is 38.6 Å². The molecule has 24 heavy (non-hydrogen) atoms. The van der Waals surface area contributed by atoms with Crippen LogP contribution < -0.4 is 10.9 Å². The first-order valence-corrected chi connectivity index (χ1v) is 8.66. The van der Waals surface area contributed by atoms with E-state index < -0.39 is 0 Å². The highest BCUT2D eigenvalue weighted by atomic mass is 16.2. The molecule has 1 saturated heterocycles. The van der Waals surface area contributed by atoms with Crippen LogP contribution in [-0.2, 0) is 0 Å². The third-order valence-electron chi connectivity index (χ3n) is 4.76. The Bertz CT molecular complexity index is 771. The number of rotatable bonds is 5. The minimum atomic E-state index is -0.277. The lowest BCUT2D eigenvalue weighted by Crippen LogP contribution is -2.39. The summed E-state index contributed by atoms with van der Waals surface area (Å²) in [6.07, 6.45) is 4.76. The maximum atomic E-state index is 12.4. The molecule has 1 aliphatic rings. The van der Waals surface area contributed by atoms with Gasteiger partial charge in [0.15, 0.2) is 5.69 Å². The molecule has 0 radical (unpaired) electrons. The zero-order chi connectivity index (χ0) is 16.9. The number of nitrogens with one attached hydrogen (secondary N) is 2. The van der Waals surface area contributed by atoms with Crippen molar-refractivity contribution >= 4 is 16.7 Å². The number of likely N-dealkylation sites (tertiary alicyclic amines) is 1. The number of hydrogen-bond acceptors (Lipinski definition) is 4. The van der Waals surface area contributed by atoms with Crippen molar-refractivity contribution in [3.05, 3.63) is 40.3 Å². The fourth-order valence-corrected chi connectivity index (χ4v) is 3.35. The van der Waals surface area contributed by atoms with E-state index in [1.165, 1.54) is 19.3 Å². The van der Waals surface area contributed by atoms with E-state index in [0.717, 1.165) is 19.5 Å². The maximum Gasteiger partial charge on any atom is 0.272 e. The Morgan fingerprint density at radius 3 is 2.92 bits per heavy atom. The molecule has 0 aliphatic carbocycles. The van der Waals surface area contributed by atoms with E-state index in [1.54, 1.807) is 24.3 Å². The quantitative estimate of drug-likeness (QED) is 0.822. The molecule has 0 spiro atoms. The highest BCUT2D eigenvalue weighted by Gasteiger charge is 2.18. The first kappa shape index (κ1) is 16.6. The molecule has 2 N–H and O–H groups in total. The molecule has 128 valence electrons. The zero-order valence-corrected chi connectivity index (χ0v) is 14.0. The van der Waals surface area contributed by atoms with Gasteiger partial charge >= 0.3 is 0 Å². The van der Waals surface area contributed by atoms with Crippen LogP contribution in [0.4, 0.5) is 0 Å². The van der Waals surface area contributed by atoms with E-state index in [2.05, 4.69) is 27.3 Å². The van der Waals surface area contributed by atoms with Crippen LogP contribution >= 0.6 is 0 Å². The fraction of sp³-hybridized carbons (Fsp3) is 0.500. The number of H-pyrrole nitrogens is 1. The van der Waals surface area contributed by atoms with Gasteiger partial charge in [0.05, 0.1) is 5.39 Å². The molecule has 6 heteroatoms. The monoisotopic (exact) mass is 328 g/mol. The normalized spacial score (nSPS) is 18.6. The van der Waals surface area contributed by atoms with Crippen LogP contribution in [0.2, 0.25) is 0 Å². The number of amides is 1. The lowest BCUT2D eigenvalue weighted by Gasteiger charge is -2.33. The summed E-state index contributed by atoms with van der Waals surface area (Å²) in [5.41, 5.74) is -0.00206. The summed E-state index contributed by atoms with van der Waals surface area (Å²) in [7, 11) is 0. The molecule has 1 aliphatic heterocycles. The van der Waals surface area contributed by atoms with Gasteiger partial charge in [-0.1, -0.05) is 24.6 Å². The minimum Gasteiger partial charge on any atom is -0.351 e. The molecule has 2 aromatic rings. The van der Waals surface area contributed by atoms with Gasteiger partial charge < -0.3 is 10.2 Å². The van der Waals surface area contributed by atoms with E-state index in [0.29, 0.717) is 23.4 Å². The molecule has 0 bridgehead atoms. The highest BCUT2D eigenvalue weighted by Crippen LogP contribution is 2.16. The standard InChI is InChI=1S/C18H24N4O2/c1-13-7-4-5-11-22(13)12-6-10-19-18(24)16-14-8-2-3-9-15(14)17(23)21-20-16/h2-3,8-9,13H,4-7,10-12H2,1H3,(H,19,24)(H,21,23)/t13-/m1/s1. The van der Waals surface area contributed by atoms with Crippen molar-refractivity contribution in [3.8, 4) is 0 Å². The number of piperidine rings is 1. The Kier molecular flexibility index (Phi) is 5.25. The predicted molar refractivity (Wildman–Crippen MR) is 94.2 cm³/mol. The Hall–Kier alpha value is -2.21. The fourth-order valence-electron chi connectivity index (χ4n) is 3.35. The van der Waals surface area contributed by atoms with Crippen LogP contribution in [0, 0.1) is 0 Å². The molecular formula is C18H24N4O2. The smallest absolute Gasteiger partial charge is 0.272 e. The molecule has 1 aromatic carbocycles. The van der Waals surface area contributed by atoms with Gasteiger partial charge in [-0.25, -0.2) is 5.10 Å². The van der Waals surface area contributed by atoms with Crippen molar-refractivity contribution in [1.82, 2.24) is 20.4 Å². The van der Waals surface area contributed by atoms with Crippen molar-refractivity contribution in [1.29, 1.82) is 0 Å². The molecule has 6 nitrogen and oxygen atoms in total. The van der Waals surface area contributed by atoms with Gasteiger partial charge in [0.1, 0.15) is 0 Å². The number of hydrogen-bond donors (Lipinski definition) is 2. The second-order valence-corrected chi connectivity index (χ2v) is 6.44. The van der Waals surface area contributed by atoms with Crippen molar-refractivity contribution in [2.24, 2.45) is 0 Å². The van der Waals surface area contributed by atoms with Gasteiger partial charge in [-0.15, -0.1) is 0 Å². The maximum absolute atomic E-state index is 12.4. The Balaban J connectivity index is 1.58. The van der Waals surface area contributed by atoms with Crippen LogP contribution in [0.3, 0.4) is 0 Å². The molecular weight excluding hydrogens is 304 g/mol. The Morgan fingerprint density at radius 2 is 2.12 bits per heavy atom. The van der Waals surface area contributed by atoms with Crippen LogP contribution in [0.15, 0.2) is 29.1 Å². The van der Waals surface area contributed by atoms with E-state index in [1.807, 2.05) is 0 Å². The van der Waals surface area contributed by atoms with Crippen LogP contribution in [0.25, 0.3) is 10.8 Å². The number of benzene rings is 1. The number of fused-ring (bicyclic) bond motifs is 1. The second-order valence-electron chi connectivity index (χ2n) is 6.44. The summed E-state index contributed by atoms with van der Waals surface area (Å²) < 4.78 is 0. The van der Waals surface area contributed by atoms with Crippen LogP contribution in [0.1, 0.15) is 43.1 Å². The van der Waals surface area contributed by atoms with Crippen molar-refractivity contribution in [2.75, 3.05) is 19.6 Å². The predicted octanol–water partition coefficient (Wildman–Crippen LogP) is 1.92. The summed E-state index contributed by atoms with van der Waals surface area (Å²) in [4.78, 5) is 26.6. The van der Waals surface area contributed by atoms with Crippen LogP contribution in [-0.4, -0.2) is 46.7 Å². The molecule has 0 unspecified atom stereocenters. The number of aromatic amines is 1. The van der Waals surface area contributed by atoms with Crippen LogP contribution in [0.5, 0.6) is 0 Å². The Morgan fingerprint density at radius 1 is 1.33 bits per heavy atom. The summed E-state index contributed by atoms with van der Waals surface area (Å²) in [6.45, 7) is 5.04. The summed E-state index contributed by atoms with van der Waals surface area (Å²) in [5, 5.41) is 10.3. The van der Waals surface area contributed by atoms with Gasteiger partial charge in [0.25, 0.3) is 11.5 Å². The number of aromatic nitrogens is 2. The molecule has 0 saturated carbocycles. The SMILES string of the molecule is C[C@@H]1CCCCN1CCCNC(=O)c1n[nH]c(=O)c2ccccc12. The summed E-state index contributed by atoms with van der Waals surface area (Å²) >= 11 is 0. The van der Waals surface area contributed by atoms with Gasteiger partial charge in [-0.05, 0) is 38.8 Å². The van der Waals surface area contributed by atoms with Crippen molar-refractivity contribution in [3.63, 3.8) is 0 Å². The number of nitrogens with zero attached hydrogens (tertiary/aromatic N) is 2. The average Bonchev–Trinajstić information content (AvgIpc) is 2.60. The minimum absolute atomic E-state index is 0.242.